The Morgan fingerprint density at radius 2 is 1.72 bits per heavy atom. The topological polar surface area (TPSA) is 75.7 Å². The third-order valence-electron chi connectivity index (χ3n) is 4.95. The number of carbonyl (C=O) groups is 1. The molecule has 0 radical (unpaired) electrons. The summed E-state index contributed by atoms with van der Waals surface area (Å²) >= 11 is 0. The number of carbonyl (C=O) groups excluding carboxylic acids is 1. The quantitative estimate of drug-likeness (QED) is 0.528. The van der Waals surface area contributed by atoms with Crippen LogP contribution in [0.2, 0.25) is 0 Å². The maximum Gasteiger partial charge on any atom is 0.264 e. The lowest BCUT2D eigenvalue weighted by atomic mass is 10.1. The van der Waals surface area contributed by atoms with Gasteiger partial charge in [-0.2, -0.15) is 0 Å². The first-order valence-electron chi connectivity index (χ1n) is 10.4. The zero-order valence-electron chi connectivity index (χ0n) is 18.5. The fourth-order valence-electron chi connectivity index (χ4n) is 3.31. The van der Waals surface area contributed by atoms with Crippen LogP contribution in [-0.2, 0) is 21.4 Å². The van der Waals surface area contributed by atoms with Crippen molar-refractivity contribution >= 4 is 21.6 Å². The molecule has 0 aliphatic heterocycles. The van der Waals surface area contributed by atoms with Crippen LogP contribution in [0.5, 0.6) is 5.75 Å². The Hall–Kier alpha value is -3.32. The average molecular weight is 453 g/mol. The van der Waals surface area contributed by atoms with Crippen LogP contribution in [0.15, 0.2) is 77.7 Å². The zero-order chi connectivity index (χ0) is 23.1. The highest BCUT2D eigenvalue weighted by molar-refractivity contribution is 7.92. The van der Waals surface area contributed by atoms with Gasteiger partial charge in [0.2, 0.25) is 5.91 Å². The number of sulfonamides is 1. The van der Waals surface area contributed by atoms with Crippen LogP contribution in [-0.4, -0.2) is 27.5 Å². The third kappa shape index (κ3) is 5.68. The predicted octanol–water partition coefficient (Wildman–Crippen LogP) is 4.21. The predicted molar refractivity (Wildman–Crippen MR) is 126 cm³/mol. The molecule has 0 bridgehead atoms. The highest BCUT2D eigenvalue weighted by Crippen LogP contribution is 2.27. The normalized spacial score (nSPS) is 11.1. The number of anilines is 1. The summed E-state index contributed by atoms with van der Waals surface area (Å²) in [6.07, 6.45) is 0. The maximum absolute atomic E-state index is 13.5. The summed E-state index contributed by atoms with van der Waals surface area (Å²) in [6, 6.07) is 21.2. The van der Waals surface area contributed by atoms with Gasteiger partial charge in [-0.15, -0.1) is 0 Å². The summed E-state index contributed by atoms with van der Waals surface area (Å²) in [4.78, 5) is 13.0. The van der Waals surface area contributed by atoms with E-state index < -0.39 is 15.9 Å². The molecular weight excluding hydrogens is 424 g/mol. The van der Waals surface area contributed by atoms with E-state index in [4.69, 9.17) is 4.74 Å². The summed E-state index contributed by atoms with van der Waals surface area (Å²) in [5, 5.41) is 2.83. The molecule has 32 heavy (non-hydrogen) atoms. The molecule has 3 aromatic carbocycles. The Kier molecular flexibility index (Phi) is 7.53. The van der Waals surface area contributed by atoms with Gasteiger partial charge in [-0.05, 0) is 67.8 Å². The molecular formula is C25H28N2O4S. The molecule has 168 valence electrons. The van der Waals surface area contributed by atoms with E-state index in [9.17, 15) is 13.2 Å². The van der Waals surface area contributed by atoms with Crippen LogP contribution in [0.3, 0.4) is 0 Å². The summed E-state index contributed by atoms with van der Waals surface area (Å²) in [7, 11) is -3.93. The van der Waals surface area contributed by atoms with Gasteiger partial charge >= 0.3 is 0 Å². The van der Waals surface area contributed by atoms with Crippen LogP contribution in [0.1, 0.15) is 23.6 Å². The molecule has 7 heteroatoms. The largest absolute Gasteiger partial charge is 0.494 e. The van der Waals surface area contributed by atoms with Crippen LogP contribution >= 0.6 is 0 Å². The second-order valence-corrected chi connectivity index (χ2v) is 9.33. The van der Waals surface area contributed by atoms with Gasteiger partial charge in [0, 0.05) is 6.54 Å². The number of aryl methyl sites for hydroxylation is 2. The Labute approximate surface area is 189 Å². The van der Waals surface area contributed by atoms with Gasteiger partial charge in [-0.25, -0.2) is 8.42 Å². The third-order valence-corrected chi connectivity index (χ3v) is 6.72. The Bertz CT molecular complexity index is 1180. The highest BCUT2D eigenvalue weighted by Gasteiger charge is 2.28. The molecule has 0 fully saturated rings. The van der Waals surface area contributed by atoms with Crippen molar-refractivity contribution in [2.75, 3.05) is 17.5 Å². The maximum atomic E-state index is 13.5. The van der Waals surface area contributed by atoms with Gasteiger partial charge in [0.1, 0.15) is 12.3 Å². The number of benzene rings is 3. The van der Waals surface area contributed by atoms with E-state index in [1.807, 2.05) is 57.2 Å². The second-order valence-electron chi connectivity index (χ2n) is 7.47. The fourth-order valence-corrected chi connectivity index (χ4v) is 4.80. The van der Waals surface area contributed by atoms with Crippen molar-refractivity contribution in [1.82, 2.24) is 5.32 Å². The molecule has 3 aromatic rings. The second kappa shape index (κ2) is 10.3. The minimum absolute atomic E-state index is 0.137. The average Bonchev–Trinajstić information content (AvgIpc) is 2.79. The van der Waals surface area contributed by atoms with Gasteiger partial charge in [0.05, 0.1) is 17.2 Å². The van der Waals surface area contributed by atoms with Crippen molar-refractivity contribution in [1.29, 1.82) is 0 Å². The number of nitrogens with zero attached hydrogens (tertiary/aromatic N) is 1. The van der Waals surface area contributed by atoms with E-state index in [1.54, 1.807) is 24.3 Å². The lowest BCUT2D eigenvalue weighted by molar-refractivity contribution is -0.119. The number of amides is 1. The van der Waals surface area contributed by atoms with Crippen LogP contribution in [0.4, 0.5) is 5.69 Å². The van der Waals surface area contributed by atoms with Gasteiger partial charge in [-0.1, -0.05) is 42.5 Å². The lowest BCUT2D eigenvalue weighted by Gasteiger charge is -2.26. The van der Waals surface area contributed by atoms with E-state index in [-0.39, 0.29) is 18.0 Å². The van der Waals surface area contributed by atoms with Crippen molar-refractivity contribution in [3.63, 3.8) is 0 Å². The smallest absolute Gasteiger partial charge is 0.264 e. The molecule has 6 nitrogen and oxygen atoms in total. The van der Waals surface area contributed by atoms with E-state index >= 15 is 0 Å². The number of hydrogen-bond donors (Lipinski definition) is 1. The molecule has 1 N–H and O–H groups in total. The summed E-state index contributed by atoms with van der Waals surface area (Å²) in [5.41, 5.74) is 3.04. The molecule has 0 saturated heterocycles. The van der Waals surface area contributed by atoms with Crippen molar-refractivity contribution in [3.05, 3.63) is 89.5 Å². The molecule has 0 unspecified atom stereocenters. The molecule has 0 saturated carbocycles. The first-order chi connectivity index (χ1) is 15.3. The van der Waals surface area contributed by atoms with Crippen LogP contribution in [0.25, 0.3) is 0 Å². The SMILES string of the molecule is CCOc1cccc(CNC(=O)CN(c2cc(C)ccc2C)S(=O)(=O)c2ccccc2)c1. The summed E-state index contributed by atoms with van der Waals surface area (Å²) in [6.45, 7) is 6.13. The van der Waals surface area contributed by atoms with Gasteiger partial charge in [-0.3, -0.25) is 9.10 Å². The van der Waals surface area contributed by atoms with Crippen molar-refractivity contribution in [3.8, 4) is 5.75 Å². The molecule has 0 spiro atoms. The van der Waals surface area contributed by atoms with Crippen LogP contribution in [0, 0.1) is 13.8 Å². The fraction of sp³-hybridized carbons (Fsp3) is 0.240. The number of ether oxygens (including phenoxy) is 1. The molecule has 3 rings (SSSR count). The van der Waals surface area contributed by atoms with Crippen LogP contribution < -0.4 is 14.4 Å². The number of nitrogens with one attached hydrogen (secondary N) is 1. The van der Waals surface area contributed by atoms with Crippen molar-refractivity contribution in [2.45, 2.75) is 32.2 Å². The van der Waals surface area contributed by atoms with Gasteiger partial charge < -0.3 is 10.1 Å². The minimum atomic E-state index is -3.93. The monoisotopic (exact) mass is 452 g/mol. The van der Waals surface area contributed by atoms with E-state index in [2.05, 4.69) is 5.32 Å². The highest BCUT2D eigenvalue weighted by atomic mass is 32.2. The zero-order valence-corrected chi connectivity index (χ0v) is 19.4. The van der Waals surface area contributed by atoms with E-state index in [0.717, 1.165) is 22.4 Å². The van der Waals surface area contributed by atoms with E-state index in [0.29, 0.717) is 12.3 Å². The molecule has 0 atom stereocenters. The molecule has 0 aliphatic carbocycles. The standard InChI is InChI=1S/C25H28N2O4S/c1-4-31-22-10-8-9-21(16-22)17-26-25(28)18-27(24-15-19(2)13-14-20(24)3)32(29,30)23-11-6-5-7-12-23/h5-16H,4,17-18H2,1-3H3,(H,26,28). The van der Waals surface area contributed by atoms with Gasteiger partial charge in [0.15, 0.2) is 0 Å². The first kappa shape index (κ1) is 23.3. The molecule has 1 amide bonds. The number of hydrogen-bond acceptors (Lipinski definition) is 4. The lowest BCUT2D eigenvalue weighted by Crippen LogP contribution is -2.41. The Balaban J connectivity index is 1.85. The summed E-state index contributed by atoms with van der Waals surface area (Å²) < 4.78 is 33.6. The molecule has 0 heterocycles. The Morgan fingerprint density at radius 1 is 0.969 bits per heavy atom. The first-order valence-corrected chi connectivity index (χ1v) is 11.9. The Morgan fingerprint density at radius 3 is 2.44 bits per heavy atom. The van der Waals surface area contributed by atoms with E-state index in [1.165, 1.54) is 16.4 Å². The van der Waals surface area contributed by atoms with Gasteiger partial charge in [0.25, 0.3) is 10.0 Å². The molecule has 0 aromatic heterocycles. The minimum Gasteiger partial charge on any atom is -0.494 e. The van der Waals surface area contributed by atoms with Crippen molar-refractivity contribution < 1.29 is 17.9 Å². The molecule has 0 aliphatic rings. The summed E-state index contributed by atoms with van der Waals surface area (Å²) in [5.74, 6) is 0.329. The number of rotatable bonds is 9. The van der Waals surface area contributed by atoms with Crippen molar-refractivity contribution in [2.24, 2.45) is 0 Å².